The van der Waals surface area contributed by atoms with Crippen LogP contribution in [0.25, 0.3) is 49.1 Å². The first-order valence-corrected chi connectivity index (χ1v) is 20.3. The number of benzene rings is 3. The Balaban J connectivity index is 1.35. The van der Waals surface area contributed by atoms with Crippen LogP contribution in [-0.2, 0) is 19.5 Å². The number of fused-ring (bicyclic) bond motifs is 4. The zero-order valence-corrected chi connectivity index (χ0v) is 33.0. The number of hydrogen-bond donors (Lipinski definition) is 2. The van der Waals surface area contributed by atoms with E-state index in [9.17, 15) is 9.59 Å². The van der Waals surface area contributed by atoms with Crippen LogP contribution in [0.1, 0.15) is 77.9 Å². The Morgan fingerprint density at radius 3 is 2.07 bits per heavy atom. The smallest absolute Gasteiger partial charge is 0.248 e. The molecule has 8 rings (SSSR count). The average Bonchev–Trinajstić information content (AvgIpc) is 3.90. The summed E-state index contributed by atoms with van der Waals surface area (Å²) in [5.74, 6) is -1.13. The van der Waals surface area contributed by atoms with Gasteiger partial charge in [-0.25, -0.2) is 18.7 Å². The average molecular weight is 802 g/mol. The van der Waals surface area contributed by atoms with Gasteiger partial charge in [-0.15, -0.1) is 22.9 Å². The minimum Gasteiger partial charge on any atom is -0.366 e. The zero-order chi connectivity index (χ0) is 38.9. The summed E-state index contributed by atoms with van der Waals surface area (Å²) in [6, 6.07) is 13.4. The first-order valence-electron chi connectivity index (χ1n) is 18.7. The second-order valence-electron chi connectivity index (χ2n) is 14.6. The maximum absolute atomic E-state index is 15.7. The van der Waals surface area contributed by atoms with Crippen molar-refractivity contribution in [2.75, 3.05) is 0 Å². The van der Waals surface area contributed by atoms with Crippen molar-refractivity contribution < 1.29 is 18.4 Å². The van der Waals surface area contributed by atoms with E-state index in [1.165, 1.54) is 17.4 Å². The summed E-state index contributed by atoms with van der Waals surface area (Å²) in [4.78, 5) is 35.8. The molecule has 0 spiro atoms. The van der Waals surface area contributed by atoms with E-state index >= 15 is 8.78 Å². The van der Waals surface area contributed by atoms with Gasteiger partial charge >= 0.3 is 0 Å². The lowest BCUT2D eigenvalue weighted by molar-refractivity contribution is 0.0992. The third-order valence-corrected chi connectivity index (χ3v) is 13.3. The van der Waals surface area contributed by atoms with Crippen LogP contribution in [0, 0.1) is 23.6 Å². The number of carbonyl (C=O) groups excluding carboxylic acids is 2. The molecule has 13 heteroatoms. The van der Waals surface area contributed by atoms with Crippen LogP contribution < -0.4 is 11.5 Å². The molecule has 0 fully saturated rings. The van der Waals surface area contributed by atoms with Gasteiger partial charge < -0.3 is 20.6 Å². The highest BCUT2D eigenvalue weighted by molar-refractivity contribution is 7.19. The van der Waals surface area contributed by atoms with Gasteiger partial charge in [-0.3, -0.25) is 9.59 Å². The van der Waals surface area contributed by atoms with Crippen LogP contribution in [0.5, 0.6) is 0 Å². The van der Waals surface area contributed by atoms with Gasteiger partial charge in [0.25, 0.3) is 0 Å². The number of primary amides is 2. The van der Waals surface area contributed by atoms with E-state index in [4.69, 9.17) is 44.6 Å². The number of thiophene rings is 1. The molecule has 6 aromatic rings. The maximum atomic E-state index is 15.7. The lowest BCUT2D eigenvalue weighted by Gasteiger charge is -2.31. The van der Waals surface area contributed by atoms with E-state index in [2.05, 4.69) is 29.9 Å². The molecule has 0 aliphatic heterocycles. The number of imidazole rings is 2. The standard InChI is InChI=1S/C42H40Cl2F2N6O2S/c1-4-6-23-20(3)33-26(45)12-10-24(43)35(33)34(23)41-49-28-18-21(39(47)53)8-14-30(28)51(41)16-17-52-31-15-9-22(40(48)54)19-29(31)50-42(52)37-32(7-5-2)55-38-27(46)13-11-25(44)36(37)38/h8-9,11-15,18-20,24,33,35H,4-7,10,16-17H2,1-3H3,(H2,47,53)(H2,48,54)/t20-,24?,33?,35?/m0/s1. The molecule has 2 aliphatic rings. The molecule has 3 aromatic heterocycles. The predicted molar refractivity (Wildman–Crippen MR) is 218 cm³/mol. The molecule has 2 amide bonds. The van der Waals surface area contributed by atoms with Crippen LogP contribution in [0.2, 0.25) is 5.02 Å². The number of carbonyl (C=O) groups is 2. The number of alkyl halides is 1. The highest BCUT2D eigenvalue weighted by Gasteiger charge is 2.48. The second kappa shape index (κ2) is 14.5. The van der Waals surface area contributed by atoms with E-state index in [0.717, 1.165) is 51.9 Å². The summed E-state index contributed by atoms with van der Waals surface area (Å²) < 4.78 is 35.8. The quantitative estimate of drug-likeness (QED) is 0.127. The molecule has 4 N–H and O–H groups in total. The van der Waals surface area contributed by atoms with Crippen molar-refractivity contribution in [3.63, 3.8) is 0 Å². The Morgan fingerprint density at radius 1 is 0.873 bits per heavy atom. The van der Waals surface area contributed by atoms with Crippen molar-refractivity contribution in [3.8, 4) is 11.4 Å². The number of allylic oxidation sites excluding steroid dienone is 4. The SMILES string of the molecule is CCCC1=C(c2nc3cc(C(N)=O)ccc3n2CCn2c(-c3c(CCC)sc4c(F)ccc(Cl)c34)nc3cc(C(N)=O)ccc32)C2C(Cl)CC=C(F)C2[C@H]1C. The number of amides is 2. The molecule has 8 nitrogen and oxygen atoms in total. The molecule has 284 valence electrons. The first kappa shape index (κ1) is 37.3. The minimum absolute atomic E-state index is 0.0789. The van der Waals surface area contributed by atoms with Gasteiger partial charge in [0.1, 0.15) is 23.3 Å². The maximum Gasteiger partial charge on any atom is 0.248 e. The number of hydrogen-bond acceptors (Lipinski definition) is 5. The third-order valence-electron chi connectivity index (χ3n) is 11.3. The van der Waals surface area contributed by atoms with Crippen molar-refractivity contribution in [2.24, 2.45) is 29.2 Å². The van der Waals surface area contributed by atoms with Crippen molar-refractivity contribution >= 4 is 84.1 Å². The van der Waals surface area contributed by atoms with Crippen LogP contribution >= 0.6 is 34.5 Å². The molecule has 3 heterocycles. The largest absolute Gasteiger partial charge is 0.366 e. The molecule has 0 bridgehead atoms. The second-order valence-corrected chi connectivity index (χ2v) is 16.6. The lowest BCUT2D eigenvalue weighted by Crippen LogP contribution is -2.29. The van der Waals surface area contributed by atoms with E-state index in [0.29, 0.717) is 74.8 Å². The Labute approximate surface area is 330 Å². The zero-order valence-electron chi connectivity index (χ0n) is 30.6. The molecule has 55 heavy (non-hydrogen) atoms. The molecule has 3 unspecified atom stereocenters. The molecule has 0 saturated carbocycles. The fraction of sp³-hybridized carbons (Fsp3) is 0.333. The summed E-state index contributed by atoms with van der Waals surface area (Å²) in [5, 5.41) is 0.679. The van der Waals surface area contributed by atoms with Crippen molar-refractivity contribution in [1.82, 2.24) is 19.1 Å². The molecule has 4 atom stereocenters. The Bertz CT molecular complexity index is 2620. The predicted octanol–water partition coefficient (Wildman–Crippen LogP) is 10.2. The van der Waals surface area contributed by atoms with Gasteiger partial charge in [0.15, 0.2) is 0 Å². The van der Waals surface area contributed by atoms with E-state index < -0.39 is 11.8 Å². The fourth-order valence-electron chi connectivity index (χ4n) is 8.85. The summed E-state index contributed by atoms with van der Waals surface area (Å²) >= 11 is 15.3. The Hall–Kier alpha value is -4.58. The van der Waals surface area contributed by atoms with Gasteiger partial charge in [0, 0.05) is 57.3 Å². The van der Waals surface area contributed by atoms with E-state index in [-0.39, 0.29) is 34.8 Å². The number of nitrogens with zero attached hydrogens (tertiary/aromatic N) is 4. The van der Waals surface area contributed by atoms with Crippen molar-refractivity contribution in [1.29, 1.82) is 0 Å². The van der Waals surface area contributed by atoms with Gasteiger partial charge in [-0.05, 0) is 79.3 Å². The highest BCUT2D eigenvalue weighted by atomic mass is 35.5. The Morgan fingerprint density at radius 2 is 1.47 bits per heavy atom. The number of aryl methyl sites for hydroxylation is 3. The first-order chi connectivity index (χ1) is 26.4. The number of rotatable bonds is 11. The number of aromatic nitrogens is 4. The highest BCUT2D eigenvalue weighted by Crippen LogP contribution is 2.56. The number of nitrogens with two attached hydrogens (primary N) is 2. The summed E-state index contributed by atoms with van der Waals surface area (Å²) in [7, 11) is 0. The Kier molecular flexibility index (Phi) is 9.84. The fourth-order valence-corrected chi connectivity index (χ4v) is 10.9. The monoisotopic (exact) mass is 800 g/mol. The lowest BCUT2D eigenvalue weighted by atomic mass is 9.78. The van der Waals surface area contributed by atoms with Gasteiger partial charge in [-0.2, -0.15) is 0 Å². The number of halogens is 4. The van der Waals surface area contributed by atoms with Crippen LogP contribution in [0.4, 0.5) is 8.78 Å². The molecular formula is C42H40Cl2F2N6O2S. The van der Waals surface area contributed by atoms with Crippen molar-refractivity contribution in [2.45, 2.75) is 71.3 Å². The molecule has 0 radical (unpaired) electrons. The van der Waals surface area contributed by atoms with Crippen LogP contribution in [-0.4, -0.2) is 36.3 Å². The third kappa shape index (κ3) is 6.15. The summed E-state index contributed by atoms with van der Waals surface area (Å²) in [6.45, 7) is 7.00. The molecular weight excluding hydrogens is 761 g/mol. The molecule has 0 saturated heterocycles. The van der Waals surface area contributed by atoms with Gasteiger partial charge in [0.05, 0.1) is 31.8 Å². The van der Waals surface area contributed by atoms with Crippen LogP contribution in [0.15, 0.2) is 66.0 Å². The van der Waals surface area contributed by atoms with Crippen molar-refractivity contribution in [3.05, 3.63) is 98.7 Å². The van der Waals surface area contributed by atoms with Gasteiger partial charge in [-0.1, -0.05) is 56.9 Å². The van der Waals surface area contributed by atoms with E-state index in [1.807, 2.05) is 12.1 Å². The summed E-state index contributed by atoms with van der Waals surface area (Å²) in [5.41, 5.74) is 17.6. The molecule has 2 aliphatic carbocycles. The molecule has 3 aromatic carbocycles. The van der Waals surface area contributed by atoms with Crippen LogP contribution in [0.3, 0.4) is 0 Å². The normalized spacial score (nSPS) is 19.9. The minimum atomic E-state index is -0.576. The van der Waals surface area contributed by atoms with Gasteiger partial charge in [0.2, 0.25) is 11.8 Å². The van der Waals surface area contributed by atoms with E-state index in [1.54, 1.807) is 36.4 Å². The summed E-state index contributed by atoms with van der Waals surface area (Å²) in [6.07, 6.45) is 5.15. The topological polar surface area (TPSA) is 122 Å².